The first-order valence-corrected chi connectivity index (χ1v) is 8.08. The molecule has 5 heteroatoms. The number of halogens is 2. The maximum Gasteiger partial charge on any atom is 0.227 e. The van der Waals surface area contributed by atoms with Gasteiger partial charge in [0.15, 0.2) is 0 Å². The third-order valence-corrected chi connectivity index (χ3v) is 4.52. The number of piperidine rings is 1. The lowest BCUT2D eigenvalue weighted by Gasteiger charge is -2.33. The van der Waals surface area contributed by atoms with Crippen molar-refractivity contribution in [3.05, 3.63) is 59.4 Å². The van der Waals surface area contributed by atoms with E-state index in [-0.39, 0.29) is 17.6 Å². The molecule has 0 aromatic heterocycles. The SMILES string of the molecule is O=C(Nc1ccccc1Cl)C1CCN(c2ccccc2F)CC1. The van der Waals surface area contributed by atoms with Crippen LogP contribution < -0.4 is 10.2 Å². The van der Waals surface area contributed by atoms with Gasteiger partial charge in [0.1, 0.15) is 5.82 Å². The second-order valence-corrected chi connectivity index (χ2v) is 6.09. The highest BCUT2D eigenvalue weighted by Gasteiger charge is 2.26. The Kier molecular flexibility index (Phi) is 4.82. The van der Waals surface area contributed by atoms with Crippen LogP contribution in [0.5, 0.6) is 0 Å². The molecule has 0 saturated carbocycles. The molecule has 0 aliphatic carbocycles. The summed E-state index contributed by atoms with van der Waals surface area (Å²) in [5.74, 6) is -0.313. The van der Waals surface area contributed by atoms with Gasteiger partial charge in [-0.3, -0.25) is 4.79 Å². The zero-order valence-corrected chi connectivity index (χ0v) is 13.4. The topological polar surface area (TPSA) is 32.3 Å². The number of hydrogen-bond donors (Lipinski definition) is 1. The summed E-state index contributed by atoms with van der Waals surface area (Å²) in [5, 5.41) is 3.41. The number of benzene rings is 2. The molecule has 1 aliphatic rings. The van der Waals surface area contributed by atoms with Gasteiger partial charge in [-0.05, 0) is 37.1 Å². The summed E-state index contributed by atoms with van der Waals surface area (Å²) >= 11 is 6.06. The van der Waals surface area contributed by atoms with Gasteiger partial charge in [0, 0.05) is 19.0 Å². The van der Waals surface area contributed by atoms with E-state index in [1.54, 1.807) is 24.3 Å². The Morgan fingerprint density at radius 2 is 1.74 bits per heavy atom. The Labute approximate surface area is 140 Å². The maximum absolute atomic E-state index is 13.8. The van der Waals surface area contributed by atoms with Gasteiger partial charge < -0.3 is 10.2 Å². The number of nitrogens with zero attached hydrogens (tertiary/aromatic N) is 1. The standard InChI is InChI=1S/C18H18ClFN2O/c19-14-5-1-3-7-16(14)21-18(23)13-9-11-22(12-10-13)17-8-4-2-6-15(17)20/h1-8,13H,9-12H2,(H,21,23). The Morgan fingerprint density at radius 3 is 2.43 bits per heavy atom. The molecule has 0 unspecified atom stereocenters. The van der Waals surface area contributed by atoms with Crippen molar-refractivity contribution >= 4 is 28.9 Å². The van der Waals surface area contributed by atoms with E-state index in [4.69, 9.17) is 11.6 Å². The van der Waals surface area contributed by atoms with Crippen molar-refractivity contribution < 1.29 is 9.18 Å². The number of carbonyl (C=O) groups is 1. The summed E-state index contributed by atoms with van der Waals surface area (Å²) in [6, 6.07) is 13.9. The number of para-hydroxylation sites is 2. The summed E-state index contributed by atoms with van der Waals surface area (Å²) in [5.41, 5.74) is 1.24. The summed E-state index contributed by atoms with van der Waals surface area (Å²) < 4.78 is 13.8. The minimum atomic E-state index is -0.216. The van der Waals surface area contributed by atoms with Gasteiger partial charge in [0.05, 0.1) is 16.4 Å². The van der Waals surface area contributed by atoms with Crippen molar-refractivity contribution in [1.82, 2.24) is 0 Å². The molecule has 2 aromatic rings. The van der Waals surface area contributed by atoms with Crippen LogP contribution in [0.4, 0.5) is 15.8 Å². The first kappa shape index (κ1) is 15.8. The van der Waals surface area contributed by atoms with Crippen LogP contribution in [-0.2, 0) is 4.79 Å². The van der Waals surface area contributed by atoms with Crippen LogP contribution in [0.1, 0.15) is 12.8 Å². The predicted molar refractivity (Wildman–Crippen MR) is 91.4 cm³/mol. The summed E-state index contributed by atoms with van der Waals surface area (Å²) in [6.45, 7) is 1.34. The van der Waals surface area contributed by atoms with Crippen molar-refractivity contribution in [1.29, 1.82) is 0 Å². The summed E-state index contributed by atoms with van der Waals surface area (Å²) in [7, 11) is 0. The lowest BCUT2D eigenvalue weighted by molar-refractivity contribution is -0.120. The van der Waals surface area contributed by atoms with E-state index in [2.05, 4.69) is 5.32 Å². The van der Waals surface area contributed by atoms with Crippen LogP contribution >= 0.6 is 11.6 Å². The second kappa shape index (κ2) is 7.01. The van der Waals surface area contributed by atoms with E-state index in [1.165, 1.54) is 6.07 Å². The van der Waals surface area contributed by atoms with E-state index in [0.29, 0.717) is 42.3 Å². The number of carbonyl (C=O) groups excluding carboxylic acids is 1. The third kappa shape index (κ3) is 3.64. The van der Waals surface area contributed by atoms with E-state index < -0.39 is 0 Å². The quantitative estimate of drug-likeness (QED) is 0.907. The molecule has 1 N–H and O–H groups in total. The first-order valence-electron chi connectivity index (χ1n) is 7.70. The van der Waals surface area contributed by atoms with Crippen LogP contribution in [0.2, 0.25) is 5.02 Å². The Balaban J connectivity index is 1.60. The average Bonchev–Trinajstić information content (AvgIpc) is 2.57. The zero-order valence-electron chi connectivity index (χ0n) is 12.6. The highest BCUT2D eigenvalue weighted by atomic mass is 35.5. The number of hydrogen-bond acceptors (Lipinski definition) is 2. The van der Waals surface area contributed by atoms with Gasteiger partial charge in [0.25, 0.3) is 0 Å². The van der Waals surface area contributed by atoms with E-state index >= 15 is 0 Å². The van der Waals surface area contributed by atoms with Gasteiger partial charge in [-0.1, -0.05) is 35.9 Å². The molecule has 1 fully saturated rings. The molecule has 1 aliphatic heterocycles. The highest BCUT2D eigenvalue weighted by Crippen LogP contribution is 2.27. The van der Waals surface area contributed by atoms with Gasteiger partial charge >= 0.3 is 0 Å². The second-order valence-electron chi connectivity index (χ2n) is 5.68. The lowest BCUT2D eigenvalue weighted by Crippen LogP contribution is -2.38. The van der Waals surface area contributed by atoms with Gasteiger partial charge in [-0.2, -0.15) is 0 Å². The fourth-order valence-electron chi connectivity index (χ4n) is 2.89. The Hall–Kier alpha value is -2.07. The van der Waals surface area contributed by atoms with Gasteiger partial charge in [-0.15, -0.1) is 0 Å². The molecule has 1 heterocycles. The average molecular weight is 333 g/mol. The maximum atomic E-state index is 13.8. The lowest BCUT2D eigenvalue weighted by atomic mass is 9.95. The van der Waals surface area contributed by atoms with Crippen molar-refractivity contribution in [2.24, 2.45) is 5.92 Å². The Bertz CT molecular complexity index is 699. The third-order valence-electron chi connectivity index (χ3n) is 4.19. The molecule has 1 saturated heterocycles. The van der Waals surface area contributed by atoms with Gasteiger partial charge in [0.2, 0.25) is 5.91 Å². The molecule has 0 atom stereocenters. The predicted octanol–water partition coefficient (Wildman–Crippen LogP) is 4.33. The monoisotopic (exact) mass is 332 g/mol. The number of anilines is 2. The highest BCUT2D eigenvalue weighted by molar-refractivity contribution is 6.33. The number of amides is 1. The van der Waals surface area contributed by atoms with Crippen molar-refractivity contribution in [3.63, 3.8) is 0 Å². The number of nitrogens with one attached hydrogen (secondary N) is 1. The molecule has 0 radical (unpaired) electrons. The van der Waals surface area contributed by atoms with Crippen LogP contribution in [0, 0.1) is 11.7 Å². The minimum Gasteiger partial charge on any atom is -0.369 e. The minimum absolute atomic E-state index is 0.0220. The molecular weight excluding hydrogens is 315 g/mol. The number of rotatable bonds is 3. The van der Waals surface area contributed by atoms with E-state index in [0.717, 1.165) is 0 Å². The molecule has 3 nitrogen and oxygen atoms in total. The molecule has 23 heavy (non-hydrogen) atoms. The zero-order chi connectivity index (χ0) is 16.2. The smallest absolute Gasteiger partial charge is 0.227 e. The molecule has 120 valence electrons. The molecule has 3 rings (SSSR count). The fraction of sp³-hybridized carbons (Fsp3) is 0.278. The van der Waals surface area contributed by atoms with Crippen LogP contribution in [0.25, 0.3) is 0 Å². The summed E-state index contributed by atoms with van der Waals surface area (Å²) in [6.07, 6.45) is 1.40. The van der Waals surface area contributed by atoms with Crippen LogP contribution in [-0.4, -0.2) is 19.0 Å². The molecule has 2 aromatic carbocycles. The van der Waals surface area contributed by atoms with Crippen LogP contribution in [0.15, 0.2) is 48.5 Å². The molecule has 0 bridgehead atoms. The molecule has 0 spiro atoms. The van der Waals surface area contributed by atoms with Gasteiger partial charge in [-0.25, -0.2) is 4.39 Å². The molecule has 1 amide bonds. The largest absolute Gasteiger partial charge is 0.369 e. The van der Waals surface area contributed by atoms with Crippen molar-refractivity contribution in [3.8, 4) is 0 Å². The summed E-state index contributed by atoms with van der Waals surface area (Å²) in [4.78, 5) is 14.4. The first-order chi connectivity index (χ1) is 11.1. The van der Waals surface area contributed by atoms with Crippen molar-refractivity contribution in [2.45, 2.75) is 12.8 Å². The van der Waals surface area contributed by atoms with E-state index in [9.17, 15) is 9.18 Å². The van der Waals surface area contributed by atoms with Crippen molar-refractivity contribution in [2.75, 3.05) is 23.3 Å². The Morgan fingerprint density at radius 1 is 1.09 bits per heavy atom. The van der Waals surface area contributed by atoms with Crippen LogP contribution in [0.3, 0.4) is 0 Å². The molecular formula is C18H18ClFN2O. The normalized spacial score (nSPS) is 15.5. The van der Waals surface area contributed by atoms with E-state index in [1.807, 2.05) is 23.1 Å². The fourth-order valence-corrected chi connectivity index (χ4v) is 3.07.